The summed E-state index contributed by atoms with van der Waals surface area (Å²) in [7, 11) is 1.57. The fraction of sp³-hybridized carbons (Fsp3) is 0.176. The van der Waals surface area contributed by atoms with Gasteiger partial charge < -0.3 is 10.5 Å². The van der Waals surface area contributed by atoms with Crippen LogP contribution in [0.5, 0.6) is 5.75 Å². The topological polar surface area (TPSA) is 72.6 Å². The second kappa shape index (κ2) is 5.52. The molecule has 5 heteroatoms. The number of ether oxygens (including phenoxy) is 1. The molecule has 1 unspecified atom stereocenters. The van der Waals surface area contributed by atoms with Gasteiger partial charge in [-0.1, -0.05) is 18.2 Å². The molecule has 0 saturated heterocycles. The number of para-hydroxylation sites is 1. The number of hydrogen-bond acceptors (Lipinski definition) is 3. The van der Waals surface area contributed by atoms with Crippen LogP contribution in [0.2, 0.25) is 0 Å². The van der Waals surface area contributed by atoms with Gasteiger partial charge in [0.1, 0.15) is 11.8 Å². The van der Waals surface area contributed by atoms with Gasteiger partial charge in [-0.3, -0.25) is 14.5 Å². The first-order valence-electron chi connectivity index (χ1n) is 6.96. The number of carbonyl (C=O) groups excluding carboxylic acids is 2. The molecule has 0 saturated carbocycles. The molecule has 0 spiro atoms. The van der Waals surface area contributed by atoms with E-state index in [1.807, 2.05) is 24.3 Å². The highest BCUT2D eigenvalue weighted by molar-refractivity contribution is 6.11. The standard InChI is InChI=1S/C17H16N2O3/c1-22-13-8-6-11(7-9-13)17(21)19-14-5-3-2-4-12(14)10-15(19)16(18)20/h2-9,15H,10H2,1H3,(H2,18,20). The number of hydrogen-bond donors (Lipinski definition) is 1. The fourth-order valence-corrected chi connectivity index (χ4v) is 2.74. The van der Waals surface area contributed by atoms with Crippen LogP contribution in [-0.2, 0) is 11.2 Å². The monoisotopic (exact) mass is 296 g/mol. The van der Waals surface area contributed by atoms with E-state index in [-0.39, 0.29) is 5.91 Å². The van der Waals surface area contributed by atoms with E-state index in [1.165, 1.54) is 4.90 Å². The number of benzene rings is 2. The van der Waals surface area contributed by atoms with Crippen LogP contribution in [0.15, 0.2) is 48.5 Å². The molecule has 2 N–H and O–H groups in total. The second-order valence-corrected chi connectivity index (χ2v) is 5.15. The van der Waals surface area contributed by atoms with Crippen molar-refractivity contribution in [2.75, 3.05) is 12.0 Å². The number of nitrogens with zero attached hydrogens (tertiary/aromatic N) is 1. The number of amides is 2. The van der Waals surface area contributed by atoms with Gasteiger partial charge in [-0.15, -0.1) is 0 Å². The zero-order valence-electron chi connectivity index (χ0n) is 12.2. The van der Waals surface area contributed by atoms with Gasteiger partial charge in [-0.2, -0.15) is 0 Å². The number of carbonyl (C=O) groups is 2. The lowest BCUT2D eigenvalue weighted by molar-refractivity contribution is -0.119. The molecule has 1 aliphatic heterocycles. The van der Waals surface area contributed by atoms with E-state index >= 15 is 0 Å². The van der Waals surface area contributed by atoms with Crippen LogP contribution in [-0.4, -0.2) is 25.0 Å². The molecule has 1 atom stereocenters. The van der Waals surface area contributed by atoms with Crippen LogP contribution < -0.4 is 15.4 Å². The first-order chi connectivity index (χ1) is 10.6. The van der Waals surface area contributed by atoms with Gasteiger partial charge in [-0.25, -0.2) is 0 Å². The van der Waals surface area contributed by atoms with Crippen molar-refractivity contribution in [3.05, 3.63) is 59.7 Å². The number of rotatable bonds is 3. The Hall–Kier alpha value is -2.82. The van der Waals surface area contributed by atoms with E-state index in [0.29, 0.717) is 17.7 Å². The van der Waals surface area contributed by atoms with E-state index in [4.69, 9.17) is 10.5 Å². The summed E-state index contributed by atoms with van der Waals surface area (Å²) in [6.07, 6.45) is 0.452. The van der Waals surface area contributed by atoms with Gasteiger partial charge in [0.2, 0.25) is 5.91 Å². The Morgan fingerprint density at radius 2 is 1.82 bits per heavy atom. The fourth-order valence-electron chi connectivity index (χ4n) is 2.74. The second-order valence-electron chi connectivity index (χ2n) is 5.15. The minimum atomic E-state index is -0.646. The predicted molar refractivity (Wildman–Crippen MR) is 82.9 cm³/mol. The lowest BCUT2D eigenvalue weighted by Gasteiger charge is -2.23. The summed E-state index contributed by atoms with van der Waals surface area (Å²) in [5, 5.41) is 0. The molecule has 0 bridgehead atoms. The van der Waals surface area contributed by atoms with Gasteiger partial charge in [0, 0.05) is 17.7 Å². The molecule has 2 aromatic rings. The quantitative estimate of drug-likeness (QED) is 0.938. The van der Waals surface area contributed by atoms with Gasteiger partial charge in [0.15, 0.2) is 0 Å². The van der Waals surface area contributed by atoms with Crippen LogP contribution >= 0.6 is 0 Å². The minimum absolute atomic E-state index is 0.239. The van der Waals surface area contributed by atoms with Gasteiger partial charge in [0.25, 0.3) is 5.91 Å². The maximum absolute atomic E-state index is 12.8. The highest BCUT2D eigenvalue weighted by Crippen LogP contribution is 2.33. The minimum Gasteiger partial charge on any atom is -0.497 e. The van der Waals surface area contributed by atoms with Crippen LogP contribution in [0.3, 0.4) is 0 Å². The van der Waals surface area contributed by atoms with Crippen molar-refractivity contribution in [2.45, 2.75) is 12.5 Å². The Kier molecular flexibility index (Phi) is 3.55. The normalized spacial score (nSPS) is 16.2. The number of anilines is 1. The van der Waals surface area contributed by atoms with Crippen molar-refractivity contribution in [1.29, 1.82) is 0 Å². The van der Waals surface area contributed by atoms with E-state index in [1.54, 1.807) is 31.4 Å². The summed E-state index contributed by atoms with van der Waals surface area (Å²) in [4.78, 5) is 26.0. The SMILES string of the molecule is COc1ccc(C(=O)N2c3ccccc3CC2C(N)=O)cc1. The maximum atomic E-state index is 12.8. The molecule has 1 heterocycles. The van der Waals surface area contributed by atoms with E-state index in [9.17, 15) is 9.59 Å². The number of nitrogens with two attached hydrogens (primary N) is 1. The lowest BCUT2D eigenvalue weighted by atomic mass is 10.1. The smallest absolute Gasteiger partial charge is 0.259 e. The van der Waals surface area contributed by atoms with E-state index in [0.717, 1.165) is 11.3 Å². The molecule has 2 aromatic carbocycles. The predicted octanol–water partition coefficient (Wildman–Crippen LogP) is 1.75. The zero-order valence-corrected chi connectivity index (χ0v) is 12.2. The Morgan fingerprint density at radius 1 is 1.14 bits per heavy atom. The third kappa shape index (κ3) is 2.30. The first kappa shape index (κ1) is 14.1. The molecule has 2 amide bonds. The Bertz CT molecular complexity index is 725. The first-order valence-corrected chi connectivity index (χ1v) is 6.96. The van der Waals surface area contributed by atoms with Gasteiger partial charge in [-0.05, 0) is 35.9 Å². The van der Waals surface area contributed by atoms with Crippen molar-refractivity contribution in [3.8, 4) is 5.75 Å². The van der Waals surface area contributed by atoms with Crippen molar-refractivity contribution >= 4 is 17.5 Å². The summed E-state index contributed by atoms with van der Waals surface area (Å²) in [5.41, 5.74) is 7.66. The average Bonchev–Trinajstić information content (AvgIpc) is 2.94. The maximum Gasteiger partial charge on any atom is 0.259 e. The van der Waals surface area contributed by atoms with Crippen LogP contribution in [0.4, 0.5) is 5.69 Å². The molecule has 22 heavy (non-hydrogen) atoms. The highest BCUT2D eigenvalue weighted by atomic mass is 16.5. The molecule has 112 valence electrons. The number of fused-ring (bicyclic) bond motifs is 1. The summed E-state index contributed by atoms with van der Waals surface area (Å²) < 4.78 is 5.09. The lowest BCUT2D eigenvalue weighted by Crippen LogP contribution is -2.46. The third-order valence-electron chi connectivity index (χ3n) is 3.86. The molecule has 3 rings (SSSR count). The van der Waals surface area contributed by atoms with Crippen LogP contribution in [0.25, 0.3) is 0 Å². The molecule has 0 aliphatic carbocycles. The highest BCUT2D eigenvalue weighted by Gasteiger charge is 2.37. The summed E-state index contributed by atoms with van der Waals surface area (Å²) >= 11 is 0. The molecular formula is C17H16N2O3. The molecular weight excluding hydrogens is 280 g/mol. The Labute approximate surface area is 128 Å². The molecule has 1 aliphatic rings. The van der Waals surface area contributed by atoms with Gasteiger partial charge in [0.05, 0.1) is 7.11 Å². The van der Waals surface area contributed by atoms with Crippen LogP contribution in [0.1, 0.15) is 15.9 Å². The van der Waals surface area contributed by atoms with Crippen molar-refractivity contribution in [2.24, 2.45) is 5.73 Å². The third-order valence-corrected chi connectivity index (χ3v) is 3.86. The zero-order chi connectivity index (χ0) is 15.7. The van der Waals surface area contributed by atoms with E-state index in [2.05, 4.69) is 0 Å². The number of primary amides is 1. The largest absolute Gasteiger partial charge is 0.497 e. The van der Waals surface area contributed by atoms with Crippen LogP contribution in [0, 0.1) is 0 Å². The summed E-state index contributed by atoms with van der Waals surface area (Å²) in [6, 6.07) is 13.6. The Morgan fingerprint density at radius 3 is 2.45 bits per heavy atom. The van der Waals surface area contributed by atoms with Crippen molar-refractivity contribution in [1.82, 2.24) is 0 Å². The summed E-state index contributed by atoms with van der Waals surface area (Å²) in [5.74, 6) is -0.0701. The van der Waals surface area contributed by atoms with Gasteiger partial charge >= 0.3 is 0 Å². The Balaban J connectivity index is 1.99. The van der Waals surface area contributed by atoms with Crippen molar-refractivity contribution in [3.63, 3.8) is 0 Å². The molecule has 0 fully saturated rings. The molecule has 0 aromatic heterocycles. The molecule has 5 nitrogen and oxygen atoms in total. The van der Waals surface area contributed by atoms with Crippen molar-refractivity contribution < 1.29 is 14.3 Å². The average molecular weight is 296 g/mol. The molecule has 0 radical (unpaired) electrons. The summed E-state index contributed by atoms with van der Waals surface area (Å²) in [6.45, 7) is 0. The van der Waals surface area contributed by atoms with E-state index < -0.39 is 11.9 Å². The number of methoxy groups -OCH3 is 1.